The fourth-order valence-corrected chi connectivity index (χ4v) is 4.22. The Hall–Kier alpha value is -1.89. The van der Waals surface area contributed by atoms with E-state index in [9.17, 15) is 9.59 Å². The van der Waals surface area contributed by atoms with Crippen LogP contribution in [0.3, 0.4) is 0 Å². The summed E-state index contributed by atoms with van der Waals surface area (Å²) in [5, 5.41) is 0. The molecule has 0 atom stereocenters. The molecule has 0 radical (unpaired) electrons. The first-order valence-corrected chi connectivity index (χ1v) is 10.9. The molecule has 0 aliphatic carbocycles. The minimum absolute atomic E-state index is 0.235. The summed E-state index contributed by atoms with van der Waals surface area (Å²) in [4.78, 5) is 32.4. The molecule has 2 aromatic heterocycles. The van der Waals surface area contributed by atoms with Crippen LogP contribution in [0.5, 0.6) is 0 Å². The van der Waals surface area contributed by atoms with E-state index in [1.54, 1.807) is 14.1 Å². The summed E-state index contributed by atoms with van der Waals surface area (Å²) in [6.07, 6.45) is 11.0. The van der Waals surface area contributed by atoms with E-state index in [0.717, 1.165) is 44.8 Å². The Balaban J connectivity index is 1.90. The second kappa shape index (κ2) is 9.54. The van der Waals surface area contributed by atoms with E-state index in [4.69, 9.17) is 4.98 Å². The number of fused-ring (bicyclic) bond motifs is 1. The zero-order chi connectivity index (χ0) is 20.1. The maximum absolute atomic E-state index is 12.9. The van der Waals surface area contributed by atoms with Crippen molar-refractivity contribution < 1.29 is 0 Å². The van der Waals surface area contributed by atoms with Crippen LogP contribution in [0.25, 0.3) is 11.2 Å². The van der Waals surface area contributed by atoms with Crippen LogP contribution in [0.1, 0.15) is 70.5 Å². The number of unbranched alkanes of at least 4 members (excludes halogenated alkanes) is 5. The van der Waals surface area contributed by atoms with E-state index in [2.05, 4.69) is 16.4 Å². The van der Waals surface area contributed by atoms with E-state index < -0.39 is 0 Å². The Kier molecular flexibility index (Phi) is 7.10. The van der Waals surface area contributed by atoms with Gasteiger partial charge < -0.3 is 4.57 Å². The van der Waals surface area contributed by atoms with E-state index in [0.29, 0.717) is 11.2 Å². The third-order valence-corrected chi connectivity index (χ3v) is 5.98. The second-order valence-electron chi connectivity index (χ2n) is 8.16. The number of imidazole rings is 1. The van der Waals surface area contributed by atoms with Gasteiger partial charge in [0.15, 0.2) is 11.2 Å². The number of nitrogens with zero attached hydrogens (tertiary/aromatic N) is 5. The molecule has 0 saturated carbocycles. The van der Waals surface area contributed by atoms with Crippen molar-refractivity contribution in [3.05, 3.63) is 26.7 Å². The van der Waals surface area contributed by atoms with E-state index in [1.165, 1.54) is 54.1 Å². The molecule has 3 heterocycles. The molecule has 0 unspecified atom stereocenters. The van der Waals surface area contributed by atoms with Crippen LogP contribution in [0.15, 0.2) is 9.59 Å². The Morgan fingerprint density at radius 3 is 2.29 bits per heavy atom. The highest BCUT2D eigenvalue weighted by molar-refractivity contribution is 5.71. The number of likely N-dealkylation sites (tertiary alicyclic amines) is 1. The molecule has 1 saturated heterocycles. The molecule has 156 valence electrons. The average Bonchev–Trinajstić information content (AvgIpc) is 3.06. The molecule has 2 aromatic rings. The lowest BCUT2D eigenvalue weighted by Gasteiger charge is -2.26. The molecule has 0 bridgehead atoms. The van der Waals surface area contributed by atoms with Crippen molar-refractivity contribution in [2.75, 3.05) is 13.1 Å². The Bertz CT molecular complexity index is 902. The van der Waals surface area contributed by atoms with Gasteiger partial charge in [0.1, 0.15) is 5.82 Å². The van der Waals surface area contributed by atoms with Crippen LogP contribution >= 0.6 is 0 Å². The van der Waals surface area contributed by atoms with Crippen molar-refractivity contribution in [1.82, 2.24) is 23.6 Å². The van der Waals surface area contributed by atoms with Gasteiger partial charge in [0.25, 0.3) is 5.56 Å². The molecule has 1 fully saturated rings. The zero-order valence-electron chi connectivity index (χ0n) is 17.7. The van der Waals surface area contributed by atoms with E-state index in [-0.39, 0.29) is 11.2 Å². The van der Waals surface area contributed by atoms with Crippen molar-refractivity contribution in [3.8, 4) is 0 Å². The molecule has 28 heavy (non-hydrogen) atoms. The lowest BCUT2D eigenvalue weighted by Crippen LogP contribution is -2.37. The largest absolute Gasteiger partial charge is 0.332 e. The van der Waals surface area contributed by atoms with Crippen LogP contribution in [-0.4, -0.2) is 36.7 Å². The van der Waals surface area contributed by atoms with Gasteiger partial charge in [-0.15, -0.1) is 0 Å². The van der Waals surface area contributed by atoms with Crippen LogP contribution in [-0.2, 0) is 27.2 Å². The fourth-order valence-electron chi connectivity index (χ4n) is 4.22. The minimum atomic E-state index is -0.314. The summed E-state index contributed by atoms with van der Waals surface area (Å²) >= 11 is 0. The first-order valence-electron chi connectivity index (χ1n) is 10.9. The SMILES string of the molecule is CCCCCCCCn1c(CN2CCCCC2)nc2c1c(=O)n(C)c(=O)n2C. The molecule has 1 aliphatic heterocycles. The lowest BCUT2D eigenvalue weighted by atomic mass is 10.1. The van der Waals surface area contributed by atoms with Gasteiger partial charge in [-0.1, -0.05) is 45.4 Å². The summed E-state index contributed by atoms with van der Waals surface area (Å²) < 4.78 is 4.80. The highest BCUT2D eigenvalue weighted by atomic mass is 16.2. The van der Waals surface area contributed by atoms with Gasteiger partial charge in [0, 0.05) is 20.6 Å². The van der Waals surface area contributed by atoms with Gasteiger partial charge in [-0.2, -0.15) is 0 Å². The van der Waals surface area contributed by atoms with Crippen LogP contribution in [0.4, 0.5) is 0 Å². The molecule has 3 rings (SSSR count). The second-order valence-corrected chi connectivity index (χ2v) is 8.16. The number of hydrogen-bond donors (Lipinski definition) is 0. The molecular weight excluding hydrogens is 354 g/mol. The Labute approximate surface area is 167 Å². The number of piperidine rings is 1. The average molecular weight is 390 g/mol. The number of aryl methyl sites for hydroxylation is 2. The molecule has 0 aromatic carbocycles. The van der Waals surface area contributed by atoms with E-state index >= 15 is 0 Å². The summed E-state index contributed by atoms with van der Waals surface area (Å²) in [6.45, 7) is 5.93. The zero-order valence-corrected chi connectivity index (χ0v) is 17.7. The quantitative estimate of drug-likeness (QED) is 0.619. The predicted octanol–water partition coefficient (Wildman–Crippen LogP) is 2.78. The standard InChI is InChI=1S/C21H35N5O2/c1-4-5-6-7-8-12-15-26-17(16-25-13-10-9-11-14-25)22-19-18(26)20(27)24(3)21(28)23(19)2/h4-16H2,1-3H3. The molecule has 0 spiro atoms. The van der Waals surface area contributed by atoms with Gasteiger partial charge in [-0.05, 0) is 32.4 Å². The minimum Gasteiger partial charge on any atom is -0.321 e. The smallest absolute Gasteiger partial charge is 0.321 e. The predicted molar refractivity (Wildman–Crippen MR) is 113 cm³/mol. The molecule has 0 N–H and O–H groups in total. The van der Waals surface area contributed by atoms with Gasteiger partial charge >= 0.3 is 5.69 Å². The summed E-state index contributed by atoms with van der Waals surface area (Å²) in [7, 11) is 3.26. The number of aromatic nitrogens is 4. The third-order valence-electron chi connectivity index (χ3n) is 5.98. The molecule has 7 nitrogen and oxygen atoms in total. The summed E-state index contributed by atoms with van der Waals surface area (Å²) in [5.74, 6) is 0.920. The highest BCUT2D eigenvalue weighted by Crippen LogP contribution is 2.18. The van der Waals surface area contributed by atoms with Gasteiger partial charge in [0.2, 0.25) is 0 Å². The van der Waals surface area contributed by atoms with Crippen molar-refractivity contribution >= 4 is 11.2 Å². The van der Waals surface area contributed by atoms with Gasteiger partial charge in [0.05, 0.1) is 6.54 Å². The van der Waals surface area contributed by atoms with Crippen LogP contribution < -0.4 is 11.2 Å². The Morgan fingerprint density at radius 1 is 0.893 bits per heavy atom. The monoisotopic (exact) mass is 389 g/mol. The first kappa shape index (κ1) is 20.8. The van der Waals surface area contributed by atoms with Crippen LogP contribution in [0.2, 0.25) is 0 Å². The van der Waals surface area contributed by atoms with Crippen LogP contribution in [0, 0.1) is 0 Å². The number of hydrogen-bond acceptors (Lipinski definition) is 4. The van der Waals surface area contributed by atoms with E-state index in [1.807, 2.05) is 0 Å². The normalized spacial score (nSPS) is 15.5. The third kappa shape index (κ3) is 4.40. The maximum atomic E-state index is 12.9. The van der Waals surface area contributed by atoms with Crippen molar-refractivity contribution in [2.45, 2.75) is 77.8 Å². The summed E-state index contributed by atoms with van der Waals surface area (Å²) in [6, 6.07) is 0. The first-order chi connectivity index (χ1) is 13.5. The maximum Gasteiger partial charge on any atom is 0.332 e. The summed E-state index contributed by atoms with van der Waals surface area (Å²) in [5.41, 5.74) is 0.545. The lowest BCUT2D eigenvalue weighted by molar-refractivity contribution is 0.213. The van der Waals surface area contributed by atoms with Gasteiger partial charge in [-0.3, -0.25) is 18.8 Å². The van der Waals surface area contributed by atoms with Crippen molar-refractivity contribution in [1.29, 1.82) is 0 Å². The Morgan fingerprint density at radius 2 is 1.57 bits per heavy atom. The number of rotatable bonds is 9. The fraction of sp³-hybridized carbons (Fsp3) is 0.762. The van der Waals surface area contributed by atoms with Crippen molar-refractivity contribution in [3.63, 3.8) is 0 Å². The molecule has 1 aliphatic rings. The van der Waals surface area contributed by atoms with Crippen molar-refractivity contribution in [2.24, 2.45) is 14.1 Å². The topological polar surface area (TPSA) is 65.1 Å². The highest BCUT2D eigenvalue weighted by Gasteiger charge is 2.21. The molecule has 0 amide bonds. The van der Waals surface area contributed by atoms with Gasteiger partial charge in [-0.25, -0.2) is 9.78 Å². The molecular formula is C21H35N5O2. The molecule has 7 heteroatoms.